The number of fused-ring (bicyclic) bond motifs is 1. The van der Waals surface area contributed by atoms with Gasteiger partial charge in [-0.25, -0.2) is 0 Å². The van der Waals surface area contributed by atoms with Crippen molar-refractivity contribution in [1.29, 1.82) is 0 Å². The Morgan fingerprint density at radius 3 is 2.29 bits per heavy atom. The molecule has 0 heterocycles. The van der Waals surface area contributed by atoms with Crippen LogP contribution in [0.2, 0.25) is 0 Å². The highest BCUT2D eigenvalue weighted by atomic mass is 32.1. The zero-order valence-corrected chi connectivity index (χ0v) is 9.20. The lowest BCUT2D eigenvalue weighted by Gasteiger charge is -2.06. The largest absolute Gasteiger partial charge is 0.324 e. The zero-order valence-electron chi connectivity index (χ0n) is 8.20. The van der Waals surface area contributed by atoms with Crippen molar-refractivity contribution in [2.45, 2.75) is 13.0 Å². The van der Waals surface area contributed by atoms with Gasteiger partial charge in [-0.2, -0.15) is 13.5 Å². The number of hydrogen-bond acceptors (Lipinski definition) is 1. The topological polar surface area (TPSA) is 26.0 Å². The van der Waals surface area contributed by atoms with Gasteiger partial charge in [-0.05, 0) is 29.3 Å². The van der Waals surface area contributed by atoms with Gasteiger partial charge in [-0.1, -0.05) is 36.4 Å². The molecular formula is C12H15NS. The maximum atomic E-state index is 5.80. The molecule has 0 aromatic heterocycles. The molecule has 2 heteroatoms. The fourth-order valence-electron chi connectivity index (χ4n) is 1.49. The summed E-state index contributed by atoms with van der Waals surface area (Å²) in [6, 6.07) is 14.8. The molecule has 74 valence electrons. The molecule has 2 aromatic rings. The Kier molecular flexibility index (Phi) is 3.55. The van der Waals surface area contributed by atoms with Gasteiger partial charge in [0.15, 0.2) is 0 Å². The highest BCUT2D eigenvalue weighted by Crippen LogP contribution is 2.18. The first-order chi connectivity index (χ1) is 6.27. The van der Waals surface area contributed by atoms with Crippen molar-refractivity contribution >= 4 is 24.3 Å². The van der Waals surface area contributed by atoms with Crippen molar-refractivity contribution in [1.82, 2.24) is 0 Å². The Labute approximate surface area is 91.4 Å². The van der Waals surface area contributed by atoms with Crippen molar-refractivity contribution in [2.75, 3.05) is 0 Å². The van der Waals surface area contributed by atoms with E-state index in [0.717, 1.165) is 0 Å². The van der Waals surface area contributed by atoms with Crippen LogP contribution >= 0.6 is 13.5 Å². The SMILES string of the molecule is C[C@H](N)c1ccc2ccccc2c1.S. The van der Waals surface area contributed by atoms with Gasteiger partial charge in [0.05, 0.1) is 0 Å². The van der Waals surface area contributed by atoms with Crippen LogP contribution in [0.15, 0.2) is 42.5 Å². The highest BCUT2D eigenvalue weighted by molar-refractivity contribution is 7.59. The summed E-state index contributed by atoms with van der Waals surface area (Å²) in [6.07, 6.45) is 0. The summed E-state index contributed by atoms with van der Waals surface area (Å²) in [6.45, 7) is 2.00. The molecule has 1 atom stereocenters. The summed E-state index contributed by atoms with van der Waals surface area (Å²) in [7, 11) is 0. The summed E-state index contributed by atoms with van der Waals surface area (Å²) >= 11 is 0. The second-order valence-electron chi connectivity index (χ2n) is 3.40. The average molecular weight is 205 g/mol. The van der Waals surface area contributed by atoms with Crippen molar-refractivity contribution in [3.8, 4) is 0 Å². The summed E-state index contributed by atoms with van der Waals surface area (Å²) in [5.41, 5.74) is 7.00. The smallest absolute Gasteiger partial charge is 0.0266 e. The molecule has 0 saturated heterocycles. The Morgan fingerprint density at radius 1 is 1.00 bits per heavy atom. The summed E-state index contributed by atoms with van der Waals surface area (Å²) in [5, 5.41) is 2.53. The van der Waals surface area contributed by atoms with E-state index in [4.69, 9.17) is 5.73 Å². The van der Waals surface area contributed by atoms with E-state index in [1.165, 1.54) is 16.3 Å². The molecule has 1 nitrogen and oxygen atoms in total. The fourth-order valence-corrected chi connectivity index (χ4v) is 1.49. The van der Waals surface area contributed by atoms with Crippen molar-refractivity contribution in [3.63, 3.8) is 0 Å². The summed E-state index contributed by atoms with van der Waals surface area (Å²) in [4.78, 5) is 0. The normalized spacial score (nSPS) is 12.1. The van der Waals surface area contributed by atoms with Crippen molar-refractivity contribution in [2.24, 2.45) is 5.73 Å². The van der Waals surface area contributed by atoms with Crippen LogP contribution in [0.3, 0.4) is 0 Å². The minimum absolute atomic E-state index is 0. The molecule has 0 fully saturated rings. The predicted molar refractivity (Wildman–Crippen MR) is 66.9 cm³/mol. The third-order valence-corrected chi connectivity index (χ3v) is 2.30. The van der Waals surface area contributed by atoms with Crippen LogP contribution < -0.4 is 5.73 Å². The molecule has 2 rings (SSSR count). The van der Waals surface area contributed by atoms with Crippen LogP contribution in [0.25, 0.3) is 10.8 Å². The maximum absolute atomic E-state index is 5.80. The molecule has 2 aromatic carbocycles. The summed E-state index contributed by atoms with van der Waals surface area (Å²) in [5.74, 6) is 0. The van der Waals surface area contributed by atoms with E-state index in [-0.39, 0.29) is 19.5 Å². The third-order valence-electron chi connectivity index (χ3n) is 2.30. The van der Waals surface area contributed by atoms with E-state index in [1.807, 2.05) is 19.1 Å². The fraction of sp³-hybridized carbons (Fsp3) is 0.167. The van der Waals surface area contributed by atoms with Crippen LogP contribution in [0.4, 0.5) is 0 Å². The minimum Gasteiger partial charge on any atom is -0.324 e. The van der Waals surface area contributed by atoms with Gasteiger partial charge in [-0.15, -0.1) is 0 Å². The molecule has 0 unspecified atom stereocenters. The van der Waals surface area contributed by atoms with Gasteiger partial charge in [0.25, 0.3) is 0 Å². The van der Waals surface area contributed by atoms with E-state index in [9.17, 15) is 0 Å². The molecule has 0 aliphatic rings. The molecule has 0 bridgehead atoms. The molecule has 0 spiro atoms. The second-order valence-corrected chi connectivity index (χ2v) is 3.40. The van der Waals surface area contributed by atoms with Crippen LogP contribution in [0, 0.1) is 0 Å². The molecule has 0 aliphatic heterocycles. The second kappa shape index (κ2) is 4.49. The van der Waals surface area contributed by atoms with Crippen LogP contribution in [-0.4, -0.2) is 0 Å². The van der Waals surface area contributed by atoms with E-state index >= 15 is 0 Å². The lowest BCUT2D eigenvalue weighted by Crippen LogP contribution is -2.04. The van der Waals surface area contributed by atoms with Gasteiger partial charge < -0.3 is 5.73 Å². The number of benzene rings is 2. The van der Waals surface area contributed by atoms with Gasteiger partial charge in [0.1, 0.15) is 0 Å². The number of hydrogen-bond donors (Lipinski definition) is 1. The first-order valence-electron chi connectivity index (χ1n) is 4.51. The average Bonchev–Trinajstić information content (AvgIpc) is 2.17. The first kappa shape index (κ1) is 11.1. The molecule has 0 radical (unpaired) electrons. The highest BCUT2D eigenvalue weighted by Gasteiger charge is 1.99. The van der Waals surface area contributed by atoms with E-state index in [1.54, 1.807) is 0 Å². The quantitative estimate of drug-likeness (QED) is 0.761. The third kappa shape index (κ3) is 2.08. The van der Waals surface area contributed by atoms with Crippen LogP contribution in [0.5, 0.6) is 0 Å². The molecule has 2 N–H and O–H groups in total. The standard InChI is InChI=1S/C12H13N.H2S/c1-9(13)11-7-6-10-4-2-3-5-12(10)8-11;/h2-9H,13H2,1H3;1H2/t9-;/m0./s1. The van der Waals surface area contributed by atoms with Gasteiger partial charge in [0, 0.05) is 6.04 Å². The molecular weight excluding hydrogens is 190 g/mol. The monoisotopic (exact) mass is 205 g/mol. The van der Waals surface area contributed by atoms with Crippen molar-refractivity contribution < 1.29 is 0 Å². The van der Waals surface area contributed by atoms with E-state index < -0.39 is 0 Å². The van der Waals surface area contributed by atoms with E-state index in [2.05, 4.69) is 30.3 Å². The molecule has 0 amide bonds. The maximum Gasteiger partial charge on any atom is 0.0266 e. The van der Waals surface area contributed by atoms with Gasteiger partial charge in [-0.3, -0.25) is 0 Å². The van der Waals surface area contributed by atoms with Gasteiger partial charge >= 0.3 is 0 Å². The Balaban J connectivity index is 0.000000980. The molecule has 0 saturated carbocycles. The van der Waals surface area contributed by atoms with Crippen LogP contribution in [0.1, 0.15) is 18.5 Å². The Hall–Kier alpha value is -0.990. The molecule has 14 heavy (non-hydrogen) atoms. The predicted octanol–water partition coefficient (Wildman–Crippen LogP) is 2.97. The van der Waals surface area contributed by atoms with Crippen LogP contribution in [-0.2, 0) is 0 Å². The van der Waals surface area contributed by atoms with Crippen molar-refractivity contribution in [3.05, 3.63) is 48.0 Å². The summed E-state index contributed by atoms with van der Waals surface area (Å²) < 4.78 is 0. The number of nitrogens with two attached hydrogens (primary N) is 1. The molecule has 0 aliphatic carbocycles. The minimum atomic E-state index is 0. The first-order valence-corrected chi connectivity index (χ1v) is 4.51. The zero-order chi connectivity index (χ0) is 9.26. The Morgan fingerprint density at radius 2 is 1.64 bits per heavy atom. The van der Waals surface area contributed by atoms with E-state index in [0.29, 0.717) is 0 Å². The Bertz CT molecular complexity index is 423. The van der Waals surface area contributed by atoms with Gasteiger partial charge in [0.2, 0.25) is 0 Å². The lowest BCUT2D eigenvalue weighted by atomic mass is 10.0. The lowest BCUT2D eigenvalue weighted by molar-refractivity contribution is 0.820. The number of rotatable bonds is 1.